The molecule has 2 rings (SSSR count). The van der Waals surface area contributed by atoms with Crippen LogP contribution in [0.3, 0.4) is 0 Å². The summed E-state index contributed by atoms with van der Waals surface area (Å²) in [4.78, 5) is 11.7. The molecule has 3 N–H and O–H groups in total. The Labute approximate surface area is 139 Å². The number of rotatable bonds is 7. The summed E-state index contributed by atoms with van der Waals surface area (Å²) in [5.41, 5.74) is 0.835. The molecule has 124 valence electrons. The smallest absolute Gasteiger partial charge is 0.230 e. The molecule has 0 aliphatic rings. The molecule has 2 aromatic rings. The van der Waals surface area contributed by atoms with Gasteiger partial charge in [0.25, 0.3) is 0 Å². The summed E-state index contributed by atoms with van der Waals surface area (Å²) in [7, 11) is 0. The minimum atomic E-state index is -0.0596. The topological polar surface area (TPSA) is 95.1 Å². The zero-order chi connectivity index (χ0) is 16.8. The summed E-state index contributed by atoms with van der Waals surface area (Å²) >= 11 is 1.25. The fourth-order valence-corrected chi connectivity index (χ4v) is 2.60. The summed E-state index contributed by atoms with van der Waals surface area (Å²) in [5, 5.41) is 11.4. The Hall–Kier alpha value is -2.22. The zero-order valence-electron chi connectivity index (χ0n) is 13.4. The first-order chi connectivity index (χ1) is 11.0. The Morgan fingerprint density at radius 3 is 2.65 bits per heavy atom. The highest BCUT2D eigenvalue weighted by atomic mass is 32.2. The number of nitrogens with zero attached hydrogens (tertiary/aromatic N) is 3. The summed E-state index contributed by atoms with van der Waals surface area (Å²) in [6, 6.07) is 7.57. The van der Waals surface area contributed by atoms with Crippen molar-refractivity contribution in [1.82, 2.24) is 20.2 Å². The third kappa shape index (κ3) is 4.62. The molecule has 0 aliphatic heterocycles. The predicted octanol–water partition coefficient (Wildman–Crippen LogP) is 1.67. The van der Waals surface area contributed by atoms with Crippen molar-refractivity contribution in [2.45, 2.75) is 32.0 Å². The molecule has 1 aromatic heterocycles. The average molecular weight is 335 g/mol. The lowest BCUT2D eigenvalue weighted by molar-refractivity contribution is -0.119. The summed E-state index contributed by atoms with van der Waals surface area (Å²) in [6.45, 7) is 6.38. The maximum Gasteiger partial charge on any atom is 0.230 e. The number of amides is 1. The normalized spacial score (nSPS) is 10.8. The number of nitrogens with two attached hydrogens (primary N) is 1. The molecule has 0 fully saturated rings. The Morgan fingerprint density at radius 2 is 2.04 bits per heavy atom. The van der Waals surface area contributed by atoms with Crippen LogP contribution in [0.4, 0.5) is 0 Å². The number of benzene rings is 1. The van der Waals surface area contributed by atoms with E-state index >= 15 is 0 Å². The fraction of sp³-hybridized carbons (Fsp3) is 0.400. The Balaban J connectivity index is 2.05. The number of ether oxygens (including phenoxy) is 1. The van der Waals surface area contributed by atoms with E-state index in [1.807, 2.05) is 45.0 Å². The van der Waals surface area contributed by atoms with E-state index in [2.05, 4.69) is 15.5 Å². The van der Waals surface area contributed by atoms with Crippen LogP contribution in [0.25, 0.3) is 11.4 Å². The van der Waals surface area contributed by atoms with Crippen LogP contribution >= 0.6 is 11.8 Å². The number of hydrogen-bond donors (Lipinski definition) is 2. The fourth-order valence-electron chi connectivity index (χ4n) is 1.93. The van der Waals surface area contributed by atoms with E-state index in [-0.39, 0.29) is 17.7 Å². The predicted molar refractivity (Wildman–Crippen MR) is 90.8 cm³/mol. The van der Waals surface area contributed by atoms with Gasteiger partial charge in [0.1, 0.15) is 5.75 Å². The molecular formula is C15H21N5O2S. The molecule has 1 heterocycles. The van der Waals surface area contributed by atoms with E-state index in [1.165, 1.54) is 16.4 Å². The lowest BCUT2D eigenvalue weighted by Gasteiger charge is -2.08. The Bertz CT molecular complexity index is 654. The number of hydrogen-bond acceptors (Lipinski definition) is 6. The first-order valence-corrected chi connectivity index (χ1v) is 8.35. The summed E-state index contributed by atoms with van der Waals surface area (Å²) in [6.07, 6.45) is 0. The molecule has 8 heteroatoms. The minimum Gasteiger partial charge on any atom is -0.494 e. The third-order valence-electron chi connectivity index (χ3n) is 2.87. The van der Waals surface area contributed by atoms with Gasteiger partial charge in [-0.25, -0.2) is 4.68 Å². The van der Waals surface area contributed by atoms with Crippen molar-refractivity contribution in [2.24, 2.45) is 0 Å². The summed E-state index contributed by atoms with van der Waals surface area (Å²) < 4.78 is 6.80. The van der Waals surface area contributed by atoms with E-state index < -0.39 is 0 Å². The monoisotopic (exact) mass is 335 g/mol. The van der Waals surface area contributed by atoms with E-state index in [1.54, 1.807) is 0 Å². The van der Waals surface area contributed by atoms with Crippen molar-refractivity contribution >= 4 is 17.7 Å². The zero-order valence-corrected chi connectivity index (χ0v) is 14.3. The second-order valence-corrected chi connectivity index (χ2v) is 6.09. The molecule has 0 spiro atoms. The number of carbonyl (C=O) groups is 1. The standard InChI is InChI=1S/C15H21N5O2S/c1-4-22-12-7-5-11(6-8-12)14-18-19-15(20(14)16)23-9-13(21)17-10(2)3/h5-8,10H,4,9,16H2,1-3H3,(H,17,21). The highest BCUT2D eigenvalue weighted by Gasteiger charge is 2.14. The molecule has 1 aromatic carbocycles. The van der Waals surface area contributed by atoms with Gasteiger partial charge >= 0.3 is 0 Å². The molecule has 7 nitrogen and oxygen atoms in total. The van der Waals surface area contributed by atoms with Crippen LogP contribution in [0.1, 0.15) is 20.8 Å². The molecule has 0 saturated heterocycles. The van der Waals surface area contributed by atoms with Gasteiger partial charge in [-0.2, -0.15) is 0 Å². The van der Waals surface area contributed by atoms with Crippen LogP contribution in [0.15, 0.2) is 29.4 Å². The number of aromatic nitrogens is 3. The largest absolute Gasteiger partial charge is 0.494 e. The van der Waals surface area contributed by atoms with Crippen molar-refractivity contribution in [2.75, 3.05) is 18.2 Å². The highest BCUT2D eigenvalue weighted by molar-refractivity contribution is 7.99. The van der Waals surface area contributed by atoms with Gasteiger partial charge in [0.15, 0.2) is 5.82 Å². The van der Waals surface area contributed by atoms with Gasteiger partial charge in [0.05, 0.1) is 12.4 Å². The van der Waals surface area contributed by atoms with E-state index in [0.29, 0.717) is 17.6 Å². The maximum atomic E-state index is 11.7. The van der Waals surface area contributed by atoms with Crippen LogP contribution in [0.2, 0.25) is 0 Å². The second-order valence-electron chi connectivity index (χ2n) is 5.14. The van der Waals surface area contributed by atoms with Gasteiger partial charge in [0.2, 0.25) is 11.1 Å². The van der Waals surface area contributed by atoms with Gasteiger partial charge in [-0.05, 0) is 45.0 Å². The van der Waals surface area contributed by atoms with E-state index in [0.717, 1.165) is 11.3 Å². The number of thioether (sulfide) groups is 1. The number of nitrogen functional groups attached to an aromatic ring is 1. The highest BCUT2D eigenvalue weighted by Crippen LogP contribution is 2.23. The molecular weight excluding hydrogens is 314 g/mol. The van der Waals surface area contributed by atoms with Gasteiger partial charge < -0.3 is 15.9 Å². The molecule has 1 amide bonds. The van der Waals surface area contributed by atoms with Gasteiger partial charge in [0, 0.05) is 11.6 Å². The molecule has 0 saturated carbocycles. The number of carbonyl (C=O) groups excluding carboxylic acids is 1. The minimum absolute atomic E-state index is 0.0596. The van der Waals surface area contributed by atoms with Gasteiger partial charge in [-0.3, -0.25) is 4.79 Å². The summed E-state index contributed by atoms with van der Waals surface area (Å²) in [5.74, 6) is 7.55. The van der Waals surface area contributed by atoms with Crippen LogP contribution in [0, 0.1) is 0 Å². The SMILES string of the molecule is CCOc1ccc(-c2nnc(SCC(=O)NC(C)C)n2N)cc1. The van der Waals surface area contributed by atoms with Crippen molar-refractivity contribution in [3.8, 4) is 17.1 Å². The lowest BCUT2D eigenvalue weighted by atomic mass is 10.2. The van der Waals surface area contributed by atoms with Crippen LogP contribution in [-0.2, 0) is 4.79 Å². The Morgan fingerprint density at radius 1 is 1.35 bits per heavy atom. The van der Waals surface area contributed by atoms with Gasteiger partial charge in [-0.1, -0.05) is 11.8 Å². The van der Waals surface area contributed by atoms with Crippen LogP contribution < -0.4 is 15.9 Å². The first kappa shape index (κ1) is 17.1. The second kappa shape index (κ2) is 7.87. The molecule has 0 atom stereocenters. The first-order valence-electron chi connectivity index (χ1n) is 7.37. The van der Waals surface area contributed by atoms with Crippen molar-refractivity contribution in [3.05, 3.63) is 24.3 Å². The quantitative estimate of drug-likeness (QED) is 0.590. The number of nitrogens with one attached hydrogen (secondary N) is 1. The average Bonchev–Trinajstić information content (AvgIpc) is 2.87. The molecule has 0 bridgehead atoms. The van der Waals surface area contributed by atoms with Crippen molar-refractivity contribution < 1.29 is 9.53 Å². The lowest BCUT2D eigenvalue weighted by Crippen LogP contribution is -2.31. The molecule has 23 heavy (non-hydrogen) atoms. The molecule has 0 aliphatic carbocycles. The molecule has 0 radical (unpaired) electrons. The Kier molecular flexibility index (Phi) is 5.86. The van der Waals surface area contributed by atoms with Gasteiger partial charge in [-0.15, -0.1) is 10.2 Å². The van der Waals surface area contributed by atoms with Crippen molar-refractivity contribution in [3.63, 3.8) is 0 Å². The van der Waals surface area contributed by atoms with Crippen molar-refractivity contribution in [1.29, 1.82) is 0 Å². The van der Waals surface area contributed by atoms with E-state index in [4.69, 9.17) is 10.6 Å². The maximum absolute atomic E-state index is 11.7. The third-order valence-corrected chi connectivity index (χ3v) is 3.81. The van der Waals surface area contributed by atoms with Crippen LogP contribution in [-0.4, -0.2) is 39.2 Å². The molecule has 0 unspecified atom stereocenters. The van der Waals surface area contributed by atoms with E-state index in [9.17, 15) is 4.79 Å². The van der Waals surface area contributed by atoms with Crippen LogP contribution in [0.5, 0.6) is 5.75 Å².